The molecule has 0 N–H and O–H groups in total. The molecule has 0 spiro atoms. The van der Waals surface area contributed by atoms with Gasteiger partial charge in [0.1, 0.15) is 0 Å². The van der Waals surface area contributed by atoms with Crippen LogP contribution < -0.4 is 0 Å². The Labute approximate surface area is 93.8 Å². The van der Waals surface area contributed by atoms with Crippen LogP contribution in [0.4, 0.5) is 0 Å². The van der Waals surface area contributed by atoms with Gasteiger partial charge in [-0.1, -0.05) is 40.9 Å². The summed E-state index contributed by atoms with van der Waals surface area (Å²) in [5, 5.41) is 0. The Morgan fingerprint density at radius 3 is 2.71 bits per heavy atom. The summed E-state index contributed by atoms with van der Waals surface area (Å²) < 4.78 is -1.20. The summed E-state index contributed by atoms with van der Waals surface area (Å²) >= 11 is 12.1. The van der Waals surface area contributed by atoms with Crippen LogP contribution in [0.2, 0.25) is 0 Å². The van der Waals surface area contributed by atoms with Gasteiger partial charge in [0.2, 0.25) is 0 Å². The van der Waals surface area contributed by atoms with Crippen LogP contribution in [0.15, 0.2) is 23.3 Å². The molecule has 0 aromatic rings. The molecular formula is C11H12Cl2O. The second-order valence-corrected chi connectivity index (χ2v) is 5.58. The molecular weight excluding hydrogens is 219 g/mol. The van der Waals surface area contributed by atoms with E-state index >= 15 is 0 Å². The van der Waals surface area contributed by atoms with Crippen LogP contribution in [0.25, 0.3) is 0 Å². The predicted molar refractivity (Wildman–Crippen MR) is 58.6 cm³/mol. The molecule has 2 rings (SSSR count). The largest absolute Gasteiger partial charge is 0.296 e. The topological polar surface area (TPSA) is 17.1 Å². The van der Waals surface area contributed by atoms with Crippen molar-refractivity contribution in [3.8, 4) is 0 Å². The summed E-state index contributed by atoms with van der Waals surface area (Å²) in [5.74, 6) is 0.143. The third-order valence-corrected chi connectivity index (χ3v) is 4.01. The fourth-order valence-electron chi connectivity index (χ4n) is 2.33. The van der Waals surface area contributed by atoms with E-state index < -0.39 is 4.33 Å². The van der Waals surface area contributed by atoms with Gasteiger partial charge in [0, 0.05) is 18.3 Å². The van der Waals surface area contributed by atoms with E-state index in [2.05, 4.69) is 19.9 Å². The minimum absolute atomic E-state index is 0.0248. The zero-order valence-corrected chi connectivity index (χ0v) is 9.69. The number of carbonyl (C=O) groups excluding carboxylic acids is 1. The Morgan fingerprint density at radius 1 is 1.50 bits per heavy atom. The minimum atomic E-state index is -1.20. The molecule has 1 nitrogen and oxygen atoms in total. The third kappa shape index (κ3) is 1.26. The molecule has 0 aromatic carbocycles. The lowest BCUT2D eigenvalue weighted by molar-refractivity contribution is -0.118. The van der Waals surface area contributed by atoms with Crippen molar-refractivity contribution in [2.45, 2.75) is 24.6 Å². The first-order chi connectivity index (χ1) is 6.44. The summed E-state index contributed by atoms with van der Waals surface area (Å²) in [6, 6.07) is 0. The van der Waals surface area contributed by atoms with Crippen molar-refractivity contribution in [1.82, 2.24) is 0 Å². The first-order valence-corrected chi connectivity index (χ1v) is 5.47. The van der Waals surface area contributed by atoms with Crippen molar-refractivity contribution >= 4 is 29.0 Å². The van der Waals surface area contributed by atoms with Crippen molar-refractivity contribution in [2.75, 3.05) is 0 Å². The van der Waals surface area contributed by atoms with Crippen LogP contribution in [0.1, 0.15) is 20.3 Å². The first kappa shape index (κ1) is 10.3. The van der Waals surface area contributed by atoms with E-state index in [4.69, 9.17) is 23.2 Å². The number of hydrogen-bond acceptors (Lipinski definition) is 1. The smallest absolute Gasteiger partial charge is 0.182 e. The Kier molecular flexibility index (Phi) is 2.28. The van der Waals surface area contributed by atoms with Gasteiger partial charge >= 0.3 is 0 Å². The van der Waals surface area contributed by atoms with Crippen molar-refractivity contribution in [1.29, 1.82) is 0 Å². The van der Waals surface area contributed by atoms with E-state index in [-0.39, 0.29) is 17.6 Å². The Balaban J connectivity index is 2.41. The summed E-state index contributed by atoms with van der Waals surface area (Å²) in [5.41, 5.74) is 2.47. The molecule has 0 aliphatic heterocycles. The Morgan fingerprint density at radius 2 is 2.14 bits per heavy atom. The average molecular weight is 231 g/mol. The van der Waals surface area contributed by atoms with Crippen LogP contribution in [-0.2, 0) is 4.79 Å². The predicted octanol–water partition coefficient (Wildman–Crippen LogP) is 3.27. The molecule has 0 saturated heterocycles. The lowest BCUT2D eigenvalue weighted by atomic mass is 9.93. The number of hydrogen-bond donors (Lipinski definition) is 0. The second-order valence-electron chi connectivity index (χ2n) is 4.20. The molecule has 0 unspecified atom stereocenters. The van der Waals surface area contributed by atoms with E-state index in [1.54, 1.807) is 0 Å². The van der Waals surface area contributed by atoms with E-state index in [9.17, 15) is 4.79 Å². The molecule has 3 heteroatoms. The Hall–Kier alpha value is -0.270. The molecule has 1 saturated carbocycles. The summed E-state index contributed by atoms with van der Waals surface area (Å²) in [6.07, 6.45) is 4.50. The average Bonchev–Trinajstić information content (AvgIpc) is 2.55. The molecule has 0 amide bonds. The maximum absolute atomic E-state index is 11.6. The maximum atomic E-state index is 11.6. The molecule has 2 aliphatic carbocycles. The van der Waals surface area contributed by atoms with E-state index in [1.807, 2.05) is 6.08 Å². The number of alkyl halides is 2. The zero-order valence-electron chi connectivity index (χ0n) is 8.18. The summed E-state index contributed by atoms with van der Waals surface area (Å²) in [4.78, 5) is 11.6. The van der Waals surface area contributed by atoms with Gasteiger partial charge in [0.25, 0.3) is 0 Å². The highest BCUT2D eigenvalue weighted by atomic mass is 35.5. The zero-order chi connectivity index (χ0) is 10.5. The van der Waals surface area contributed by atoms with Crippen LogP contribution in [0, 0.1) is 11.8 Å². The minimum Gasteiger partial charge on any atom is -0.296 e. The summed E-state index contributed by atoms with van der Waals surface area (Å²) in [7, 11) is 0. The number of fused-ring (bicyclic) bond motifs is 1. The van der Waals surface area contributed by atoms with Gasteiger partial charge in [0.15, 0.2) is 10.1 Å². The molecule has 76 valence electrons. The van der Waals surface area contributed by atoms with Crippen molar-refractivity contribution in [3.63, 3.8) is 0 Å². The molecule has 1 fully saturated rings. The first-order valence-electron chi connectivity index (χ1n) is 4.71. The van der Waals surface area contributed by atoms with Gasteiger partial charge in [0.05, 0.1) is 0 Å². The Bertz CT molecular complexity index is 348. The highest BCUT2D eigenvalue weighted by Gasteiger charge is 2.54. The van der Waals surface area contributed by atoms with Crippen LogP contribution in [0.5, 0.6) is 0 Å². The van der Waals surface area contributed by atoms with Crippen molar-refractivity contribution in [3.05, 3.63) is 23.3 Å². The number of ketones is 1. The monoisotopic (exact) mass is 230 g/mol. The normalized spacial score (nSPS) is 33.7. The fraction of sp³-hybridized carbons (Fsp3) is 0.545. The highest BCUT2D eigenvalue weighted by molar-refractivity contribution is 6.59. The van der Waals surface area contributed by atoms with Gasteiger partial charge in [-0.2, -0.15) is 0 Å². The van der Waals surface area contributed by atoms with Gasteiger partial charge in [-0.05, 0) is 19.4 Å². The molecule has 0 aromatic heterocycles. The number of carbonyl (C=O) groups is 1. The van der Waals surface area contributed by atoms with Crippen molar-refractivity contribution in [2.24, 2.45) is 11.8 Å². The van der Waals surface area contributed by atoms with E-state index in [0.29, 0.717) is 6.42 Å². The maximum Gasteiger partial charge on any atom is 0.182 e. The third-order valence-electron chi connectivity index (χ3n) is 3.09. The molecule has 0 heterocycles. The quantitative estimate of drug-likeness (QED) is 0.585. The molecule has 0 radical (unpaired) electrons. The van der Waals surface area contributed by atoms with E-state index in [0.717, 1.165) is 0 Å². The number of Topliss-reactive ketones (excluding diaryl/α,β-unsaturated/α-hetero) is 1. The number of halogens is 2. The lowest BCUT2D eigenvalue weighted by Gasteiger charge is -2.18. The standard InChI is InChI=1S/C11H12Cl2O/c1-6(2)7-3-4-9-8(7)5-10(14)11(9,12)13/h3-4,8-9H,5H2,1-2H3/t8-,9+/m0/s1. The van der Waals surface area contributed by atoms with Crippen LogP contribution in [0.3, 0.4) is 0 Å². The van der Waals surface area contributed by atoms with Crippen LogP contribution >= 0.6 is 23.2 Å². The fourth-order valence-corrected chi connectivity index (χ4v) is 2.93. The van der Waals surface area contributed by atoms with Crippen molar-refractivity contribution < 1.29 is 4.79 Å². The van der Waals surface area contributed by atoms with Gasteiger partial charge < -0.3 is 0 Å². The number of rotatable bonds is 0. The molecule has 14 heavy (non-hydrogen) atoms. The molecule has 0 bridgehead atoms. The van der Waals surface area contributed by atoms with Gasteiger partial charge in [-0.3, -0.25) is 4.79 Å². The number of allylic oxidation sites excluding steroid dienone is 4. The van der Waals surface area contributed by atoms with Crippen LogP contribution in [-0.4, -0.2) is 10.1 Å². The SMILES string of the molecule is CC(C)=C1C=C[C@@H]2[C@H]1CC(=O)C2(Cl)Cl. The second kappa shape index (κ2) is 3.11. The van der Waals surface area contributed by atoms with Gasteiger partial charge in [-0.25, -0.2) is 0 Å². The molecule has 2 aliphatic rings. The summed E-state index contributed by atoms with van der Waals surface area (Å²) in [6.45, 7) is 4.10. The molecule has 2 atom stereocenters. The highest BCUT2D eigenvalue weighted by Crippen LogP contribution is 2.52. The van der Waals surface area contributed by atoms with Gasteiger partial charge in [-0.15, -0.1) is 0 Å². The van der Waals surface area contributed by atoms with E-state index in [1.165, 1.54) is 11.1 Å². The lowest BCUT2D eigenvalue weighted by Crippen LogP contribution is -2.26.